The second-order valence-corrected chi connectivity index (χ2v) is 6.76. The van der Waals surface area contributed by atoms with E-state index in [1.54, 1.807) is 26.0 Å². The van der Waals surface area contributed by atoms with Gasteiger partial charge in [0.05, 0.1) is 5.69 Å². The van der Waals surface area contributed by atoms with Crippen molar-refractivity contribution < 1.29 is 28.8 Å². The minimum atomic E-state index is -1.60. The van der Waals surface area contributed by atoms with Crippen molar-refractivity contribution in [3.05, 3.63) is 24.2 Å². The highest BCUT2D eigenvalue weighted by Crippen LogP contribution is 2.49. The predicted molar refractivity (Wildman–Crippen MR) is 87.4 cm³/mol. The van der Waals surface area contributed by atoms with Crippen molar-refractivity contribution in [2.45, 2.75) is 43.5 Å². The maximum absolute atomic E-state index is 10.8. The number of aromatic nitrogens is 3. The topological polar surface area (TPSA) is 154 Å². The molecule has 2 aromatic heterocycles. The Bertz CT molecular complexity index is 952. The lowest BCUT2D eigenvalue weighted by Crippen LogP contribution is -2.40. The Labute approximate surface area is 153 Å². The van der Waals surface area contributed by atoms with Gasteiger partial charge in [0, 0.05) is 0 Å². The molecule has 2 saturated heterocycles. The molecule has 2 fully saturated rings. The lowest BCUT2D eigenvalue weighted by atomic mass is 9.92. The first-order chi connectivity index (χ1) is 12.8. The Morgan fingerprint density at radius 1 is 1.44 bits per heavy atom. The number of nitrogen functional groups attached to an aromatic ring is 1. The summed E-state index contributed by atoms with van der Waals surface area (Å²) in [7, 11) is 0. The Hall–Kier alpha value is -2.94. The van der Waals surface area contributed by atoms with Gasteiger partial charge in [0.2, 0.25) is 5.60 Å². The third kappa shape index (κ3) is 2.57. The monoisotopic (exact) mass is 375 g/mol. The van der Waals surface area contributed by atoms with E-state index in [1.165, 1.54) is 10.8 Å². The molecule has 142 valence electrons. The van der Waals surface area contributed by atoms with Crippen LogP contribution in [0.1, 0.15) is 19.5 Å². The summed E-state index contributed by atoms with van der Waals surface area (Å²) in [6.45, 7) is 3.11. The molecular formula is C16H17N5O6. The number of carbonyl (C=O) groups is 1. The van der Waals surface area contributed by atoms with Crippen molar-refractivity contribution in [1.29, 1.82) is 5.26 Å². The lowest BCUT2D eigenvalue weighted by Gasteiger charge is -2.28. The average molecular weight is 375 g/mol. The smallest absolute Gasteiger partial charge is 0.450 e. The van der Waals surface area contributed by atoms with E-state index in [4.69, 9.17) is 25.1 Å². The van der Waals surface area contributed by atoms with Crippen LogP contribution in [-0.4, -0.2) is 56.6 Å². The van der Waals surface area contributed by atoms with Gasteiger partial charge in [-0.15, -0.1) is 0 Å². The van der Waals surface area contributed by atoms with E-state index in [-0.39, 0.29) is 12.4 Å². The summed E-state index contributed by atoms with van der Waals surface area (Å²) >= 11 is 0. The van der Waals surface area contributed by atoms with Crippen molar-refractivity contribution in [3.63, 3.8) is 0 Å². The van der Waals surface area contributed by atoms with Crippen LogP contribution in [0.15, 0.2) is 18.5 Å². The van der Waals surface area contributed by atoms with Crippen LogP contribution in [0, 0.1) is 11.3 Å². The van der Waals surface area contributed by atoms with Gasteiger partial charge in [0.25, 0.3) is 0 Å². The summed E-state index contributed by atoms with van der Waals surface area (Å²) in [5.74, 6) is -0.738. The second-order valence-electron chi connectivity index (χ2n) is 6.76. The number of ether oxygens (including phenoxy) is 4. The summed E-state index contributed by atoms with van der Waals surface area (Å²) in [5.41, 5.74) is 5.16. The van der Waals surface area contributed by atoms with Gasteiger partial charge in [0.15, 0.2) is 11.6 Å². The van der Waals surface area contributed by atoms with E-state index in [0.717, 1.165) is 0 Å². The van der Waals surface area contributed by atoms with Crippen molar-refractivity contribution >= 4 is 17.5 Å². The van der Waals surface area contributed by atoms with E-state index >= 15 is 0 Å². The van der Waals surface area contributed by atoms with Crippen LogP contribution in [0.4, 0.5) is 10.6 Å². The van der Waals surface area contributed by atoms with Crippen LogP contribution in [0.2, 0.25) is 0 Å². The van der Waals surface area contributed by atoms with E-state index in [0.29, 0.717) is 11.2 Å². The quantitative estimate of drug-likeness (QED) is 0.730. The van der Waals surface area contributed by atoms with Crippen molar-refractivity contribution in [2.24, 2.45) is 0 Å². The fraction of sp³-hybridized carbons (Fsp3) is 0.500. The number of carboxylic acid groups (broad SMARTS) is 1. The van der Waals surface area contributed by atoms with Crippen LogP contribution in [0.25, 0.3) is 5.52 Å². The second kappa shape index (κ2) is 5.78. The zero-order chi connectivity index (χ0) is 19.4. The maximum atomic E-state index is 10.8. The average Bonchev–Trinajstić information content (AvgIpc) is 3.24. The van der Waals surface area contributed by atoms with Crippen molar-refractivity contribution in [1.82, 2.24) is 14.6 Å². The molecule has 2 aromatic rings. The largest absolute Gasteiger partial charge is 0.505 e. The van der Waals surface area contributed by atoms with E-state index in [2.05, 4.69) is 20.9 Å². The number of hydrogen-bond acceptors (Lipinski definition) is 9. The zero-order valence-corrected chi connectivity index (χ0v) is 14.5. The SMILES string of the molecule is CC1(C)O[C@H]2[C@@H](O1)[C@](C#N)(c1ccc3c(N)ncnn13)O[C@@H]2COC(=O)O. The van der Waals surface area contributed by atoms with Crippen LogP contribution >= 0.6 is 0 Å². The van der Waals surface area contributed by atoms with Gasteiger partial charge in [-0.05, 0) is 26.0 Å². The lowest BCUT2D eigenvalue weighted by molar-refractivity contribution is -0.205. The molecular weight excluding hydrogens is 358 g/mol. The molecule has 3 N–H and O–H groups in total. The van der Waals surface area contributed by atoms with Gasteiger partial charge in [-0.3, -0.25) is 0 Å². The Morgan fingerprint density at radius 3 is 2.93 bits per heavy atom. The number of hydrogen-bond donors (Lipinski definition) is 2. The molecule has 0 saturated carbocycles. The molecule has 0 amide bonds. The number of anilines is 1. The Morgan fingerprint density at radius 2 is 2.22 bits per heavy atom. The first-order valence-electron chi connectivity index (χ1n) is 8.16. The number of rotatable bonds is 3. The van der Waals surface area contributed by atoms with Gasteiger partial charge >= 0.3 is 6.16 Å². The highest BCUT2D eigenvalue weighted by atomic mass is 16.8. The summed E-state index contributed by atoms with van der Waals surface area (Å²) in [6, 6.07) is 5.49. The number of fused-ring (bicyclic) bond motifs is 2. The molecule has 4 rings (SSSR count). The van der Waals surface area contributed by atoms with Gasteiger partial charge in [-0.25, -0.2) is 14.3 Å². The first kappa shape index (κ1) is 17.5. The molecule has 0 bridgehead atoms. The molecule has 0 aromatic carbocycles. The summed E-state index contributed by atoms with van der Waals surface area (Å²) in [5, 5.41) is 23.0. The number of nitrogens with two attached hydrogens (primary N) is 1. The molecule has 11 nitrogen and oxygen atoms in total. The minimum absolute atomic E-state index is 0.244. The van der Waals surface area contributed by atoms with Crippen LogP contribution in [0.5, 0.6) is 0 Å². The van der Waals surface area contributed by atoms with Gasteiger partial charge in [-0.2, -0.15) is 10.4 Å². The van der Waals surface area contributed by atoms with Gasteiger partial charge in [0.1, 0.15) is 42.8 Å². The molecule has 0 aliphatic carbocycles. The molecule has 0 spiro atoms. The van der Waals surface area contributed by atoms with Gasteiger partial charge < -0.3 is 29.8 Å². The van der Waals surface area contributed by atoms with Crippen molar-refractivity contribution in [3.8, 4) is 6.07 Å². The fourth-order valence-corrected chi connectivity index (χ4v) is 3.62. The maximum Gasteiger partial charge on any atom is 0.505 e. The fourth-order valence-electron chi connectivity index (χ4n) is 3.62. The van der Waals surface area contributed by atoms with Crippen LogP contribution < -0.4 is 5.73 Å². The summed E-state index contributed by atoms with van der Waals surface area (Å²) < 4.78 is 23.9. The van der Waals surface area contributed by atoms with Gasteiger partial charge in [-0.1, -0.05) is 0 Å². The number of nitrogens with zero attached hydrogens (tertiary/aromatic N) is 4. The predicted octanol–water partition coefficient (Wildman–Crippen LogP) is 0.644. The van der Waals surface area contributed by atoms with Crippen molar-refractivity contribution in [2.75, 3.05) is 12.3 Å². The number of nitriles is 1. The third-order valence-corrected chi connectivity index (χ3v) is 4.63. The van der Waals surface area contributed by atoms with E-state index in [1.807, 2.05) is 0 Å². The molecule has 2 aliphatic rings. The zero-order valence-electron chi connectivity index (χ0n) is 14.5. The van der Waals surface area contributed by atoms with Crippen LogP contribution in [-0.2, 0) is 24.5 Å². The first-order valence-corrected chi connectivity index (χ1v) is 8.16. The summed E-state index contributed by atoms with van der Waals surface area (Å²) in [4.78, 5) is 14.7. The molecule has 4 atom stereocenters. The van der Waals surface area contributed by atoms with E-state index in [9.17, 15) is 10.1 Å². The molecule has 4 heterocycles. The standard InChI is InChI=1S/C16H17N5O6/c1-15(2)26-11-9(5-24-14(22)23)25-16(6-17,12(11)27-15)10-4-3-8-13(18)19-7-20-21(8)10/h3-4,7,9,11-12H,5H2,1-2H3,(H,22,23)(H2,18,19,20)/t9-,11-,12-,16+/m1/s1. The van der Waals surface area contributed by atoms with E-state index < -0.39 is 35.9 Å². The molecule has 0 radical (unpaired) electrons. The Kier molecular flexibility index (Phi) is 3.74. The molecule has 0 unspecified atom stereocenters. The highest BCUT2D eigenvalue weighted by Gasteiger charge is 2.65. The minimum Gasteiger partial charge on any atom is -0.450 e. The molecule has 11 heteroatoms. The van der Waals surface area contributed by atoms with Crippen LogP contribution in [0.3, 0.4) is 0 Å². The highest BCUT2D eigenvalue weighted by molar-refractivity contribution is 5.66. The normalized spacial score (nSPS) is 31.5. The summed E-state index contributed by atoms with van der Waals surface area (Å²) in [6.07, 6.45) is -2.55. The Balaban J connectivity index is 1.81. The molecule has 2 aliphatic heterocycles. The third-order valence-electron chi connectivity index (χ3n) is 4.63. The molecule has 27 heavy (non-hydrogen) atoms.